The van der Waals surface area contributed by atoms with E-state index in [2.05, 4.69) is 10.3 Å². The van der Waals surface area contributed by atoms with Crippen LogP contribution in [0.15, 0.2) is 30.5 Å². The zero-order chi connectivity index (χ0) is 13.1. The van der Waals surface area contributed by atoms with E-state index in [9.17, 15) is 13.2 Å². The SMILES string of the molecule is Cc1ccc(CNc2cc(F)c(F)cc2F)nc1. The van der Waals surface area contributed by atoms with Crippen LogP contribution in [-0.4, -0.2) is 4.98 Å². The Hall–Kier alpha value is -2.04. The van der Waals surface area contributed by atoms with Crippen LogP contribution >= 0.6 is 0 Å². The van der Waals surface area contributed by atoms with Crippen LogP contribution in [0.25, 0.3) is 0 Å². The average molecular weight is 252 g/mol. The van der Waals surface area contributed by atoms with Gasteiger partial charge in [-0.1, -0.05) is 6.07 Å². The quantitative estimate of drug-likeness (QED) is 0.847. The van der Waals surface area contributed by atoms with Crippen molar-refractivity contribution in [1.29, 1.82) is 0 Å². The van der Waals surface area contributed by atoms with Gasteiger partial charge in [0.25, 0.3) is 0 Å². The van der Waals surface area contributed by atoms with E-state index in [1.807, 2.05) is 13.0 Å². The number of rotatable bonds is 3. The molecular weight excluding hydrogens is 241 g/mol. The molecule has 0 saturated carbocycles. The summed E-state index contributed by atoms with van der Waals surface area (Å²) in [5.74, 6) is -3.12. The van der Waals surface area contributed by atoms with Crippen LogP contribution < -0.4 is 5.32 Å². The van der Waals surface area contributed by atoms with Crippen LogP contribution in [0.2, 0.25) is 0 Å². The number of aryl methyl sites for hydroxylation is 1. The molecule has 0 radical (unpaired) electrons. The summed E-state index contributed by atoms with van der Waals surface area (Å²) >= 11 is 0. The zero-order valence-corrected chi connectivity index (χ0v) is 9.67. The van der Waals surface area contributed by atoms with Crippen LogP contribution in [0.5, 0.6) is 0 Å². The Morgan fingerprint density at radius 3 is 2.44 bits per heavy atom. The highest BCUT2D eigenvalue weighted by Gasteiger charge is 2.09. The summed E-state index contributed by atoms with van der Waals surface area (Å²) in [6, 6.07) is 4.95. The summed E-state index contributed by atoms with van der Waals surface area (Å²) in [6.45, 7) is 2.14. The molecule has 0 saturated heterocycles. The average Bonchev–Trinajstić information content (AvgIpc) is 2.34. The molecule has 1 aromatic heterocycles. The van der Waals surface area contributed by atoms with Gasteiger partial charge in [-0.25, -0.2) is 13.2 Å². The van der Waals surface area contributed by atoms with Gasteiger partial charge in [0.05, 0.1) is 17.9 Å². The lowest BCUT2D eigenvalue weighted by molar-refractivity contribution is 0.496. The van der Waals surface area contributed by atoms with Gasteiger partial charge in [-0.05, 0) is 18.6 Å². The standard InChI is InChI=1S/C13H11F3N2/c1-8-2-3-9(17-6-8)7-18-13-5-11(15)10(14)4-12(13)16/h2-6,18H,7H2,1H3. The topological polar surface area (TPSA) is 24.9 Å². The fourth-order valence-electron chi connectivity index (χ4n) is 1.45. The lowest BCUT2D eigenvalue weighted by Gasteiger charge is -2.07. The van der Waals surface area contributed by atoms with Gasteiger partial charge in [0, 0.05) is 18.3 Å². The Labute approximate surface area is 102 Å². The van der Waals surface area contributed by atoms with E-state index in [1.165, 1.54) is 0 Å². The van der Waals surface area contributed by atoms with Crippen molar-refractivity contribution >= 4 is 5.69 Å². The van der Waals surface area contributed by atoms with E-state index in [1.54, 1.807) is 12.3 Å². The second-order valence-corrected chi connectivity index (χ2v) is 3.93. The molecule has 2 aromatic rings. The van der Waals surface area contributed by atoms with Crippen LogP contribution in [-0.2, 0) is 6.54 Å². The number of hydrogen-bond donors (Lipinski definition) is 1. The molecule has 1 aromatic carbocycles. The summed E-state index contributed by atoms with van der Waals surface area (Å²) in [4.78, 5) is 4.11. The fourth-order valence-corrected chi connectivity index (χ4v) is 1.45. The molecule has 1 heterocycles. The van der Waals surface area contributed by atoms with Gasteiger partial charge in [0.15, 0.2) is 11.6 Å². The predicted octanol–water partition coefficient (Wildman–Crippen LogP) is 3.42. The van der Waals surface area contributed by atoms with Crippen LogP contribution in [0.1, 0.15) is 11.3 Å². The fraction of sp³-hybridized carbons (Fsp3) is 0.154. The highest BCUT2D eigenvalue weighted by Crippen LogP contribution is 2.18. The summed E-state index contributed by atoms with van der Waals surface area (Å²) in [5, 5.41) is 2.67. The van der Waals surface area contributed by atoms with Crippen LogP contribution in [0.3, 0.4) is 0 Å². The van der Waals surface area contributed by atoms with Gasteiger partial charge in [-0.2, -0.15) is 0 Å². The van der Waals surface area contributed by atoms with E-state index >= 15 is 0 Å². The Bertz CT molecular complexity index is 553. The molecule has 0 aliphatic rings. The number of nitrogens with one attached hydrogen (secondary N) is 1. The smallest absolute Gasteiger partial charge is 0.161 e. The van der Waals surface area contributed by atoms with Crippen LogP contribution in [0, 0.1) is 24.4 Å². The second kappa shape index (κ2) is 5.08. The number of aromatic nitrogens is 1. The summed E-state index contributed by atoms with van der Waals surface area (Å²) in [6.07, 6.45) is 1.68. The van der Waals surface area contributed by atoms with E-state index in [4.69, 9.17) is 0 Å². The Balaban J connectivity index is 2.10. The Kier molecular flexibility index (Phi) is 3.50. The minimum Gasteiger partial charge on any atom is -0.377 e. The molecule has 0 unspecified atom stereocenters. The largest absolute Gasteiger partial charge is 0.377 e. The predicted molar refractivity (Wildman–Crippen MR) is 62.6 cm³/mol. The molecule has 18 heavy (non-hydrogen) atoms. The van der Waals surface area contributed by atoms with E-state index in [0.717, 1.165) is 11.6 Å². The maximum atomic E-state index is 13.3. The molecule has 0 bridgehead atoms. The molecule has 0 fully saturated rings. The van der Waals surface area contributed by atoms with E-state index in [0.29, 0.717) is 11.8 Å². The summed E-state index contributed by atoms with van der Waals surface area (Å²) in [7, 11) is 0. The van der Waals surface area contributed by atoms with Gasteiger partial charge < -0.3 is 5.32 Å². The molecule has 94 valence electrons. The zero-order valence-electron chi connectivity index (χ0n) is 9.67. The molecule has 2 rings (SSSR count). The number of anilines is 1. The van der Waals surface area contributed by atoms with Gasteiger partial charge in [0.2, 0.25) is 0 Å². The van der Waals surface area contributed by atoms with Gasteiger partial charge in [0.1, 0.15) is 5.82 Å². The molecule has 5 heteroatoms. The maximum Gasteiger partial charge on any atom is 0.161 e. The van der Waals surface area contributed by atoms with Crippen LogP contribution in [0.4, 0.5) is 18.9 Å². The minimum absolute atomic E-state index is 0.0868. The summed E-state index contributed by atoms with van der Waals surface area (Å²) in [5.41, 5.74) is 1.61. The second-order valence-electron chi connectivity index (χ2n) is 3.93. The van der Waals surface area contributed by atoms with Crippen molar-refractivity contribution < 1.29 is 13.2 Å². The first-order chi connectivity index (χ1) is 8.56. The minimum atomic E-state index is -1.20. The van der Waals surface area contributed by atoms with Crippen molar-refractivity contribution in [3.8, 4) is 0 Å². The van der Waals surface area contributed by atoms with Crippen molar-refractivity contribution in [1.82, 2.24) is 4.98 Å². The number of halogens is 3. The first-order valence-electron chi connectivity index (χ1n) is 5.36. The molecule has 1 N–H and O–H groups in total. The molecule has 0 atom stereocenters. The molecule has 0 spiro atoms. The van der Waals surface area contributed by atoms with Gasteiger partial charge in [-0.3, -0.25) is 4.98 Å². The van der Waals surface area contributed by atoms with Crippen molar-refractivity contribution in [2.45, 2.75) is 13.5 Å². The first-order valence-corrected chi connectivity index (χ1v) is 5.36. The number of pyridine rings is 1. The highest BCUT2D eigenvalue weighted by atomic mass is 19.2. The van der Waals surface area contributed by atoms with Crippen molar-refractivity contribution in [2.24, 2.45) is 0 Å². The van der Waals surface area contributed by atoms with Gasteiger partial charge >= 0.3 is 0 Å². The number of benzene rings is 1. The van der Waals surface area contributed by atoms with Gasteiger partial charge in [-0.15, -0.1) is 0 Å². The van der Waals surface area contributed by atoms with Crippen molar-refractivity contribution in [3.63, 3.8) is 0 Å². The molecular formula is C13H11F3N2. The first kappa shape index (κ1) is 12.4. The molecule has 0 amide bonds. The molecule has 0 aliphatic heterocycles. The monoisotopic (exact) mass is 252 g/mol. The number of nitrogens with zero attached hydrogens (tertiary/aromatic N) is 1. The lowest BCUT2D eigenvalue weighted by atomic mass is 10.2. The number of hydrogen-bond acceptors (Lipinski definition) is 2. The summed E-state index contributed by atoms with van der Waals surface area (Å²) < 4.78 is 39.0. The van der Waals surface area contributed by atoms with Crippen molar-refractivity contribution in [2.75, 3.05) is 5.32 Å². The third kappa shape index (κ3) is 2.80. The lowest BCUT2D eigenvalue weighted by Crippen LogP contribution is -2.04. The normalized spacial score (nSPS) is 10.4. The molecule has 0 aliphatic carbocycles. The third-order valence-corrected chi connectivity index (χ3v) is 2.44. The maximum absolute atomic E-state index is 13.3. The highest BCUT2D eigenvalue weighted by molar-refractivity contribution is 5.45. The van der Waals surface area contributed by atoms with E-state index in [-0.39, 0.29) is 12.2 Å². The molecule has 2 nitrogen and oxygen atoms in total. The Morgan fingerprint density at radius 1 is 1.06 bits per heavy atom. The third-order valence-electron chi connectivity index (χ3n) is 2.44. The van der Waals surface area contributed by atoms with E-state index < -0.39 is 17.5 Å². The van der Waals surface area contributed by atoms with Crippen molar-refractivity contribution in [3.05, 3.63) is 59.2 Å². The Morgan fingerprint density at radius 2 is 1.78 bits per heavy atom.